The minimum atomic E-state index is -3.60. The van der Waals surface area contributed by atoms with E-state index < -0.39 is 10.0 Å². The van der Waals surface area contributed by atoms with Crippen molar-refractivity contribution in [3.63, 3.8) is 0 Å². The van der Waals surface area contributed by atoms with Gasteiger partial charge in [0.1, 0.15) is 16.2 Å². The number of fused-ring (bicyclic) bond motifs is 1. The minimum Gasteiger partial charge on any atom is -0.325 e. The summed E-state index contributed by atoms with van der Waals surface area (Å²) in [5.74, 6) is -0.119. The van der Waals surface area contributed by atoms with Crippen molar-refractivity contribution in [3.8, 4) is 11.1 Å². The highest BCUT2D eigenvalue weighted by Gasteiger charge is 2.19. The first kappa shape index (κ1) is 23.4. The molecule has 4 rings (SSSR count). The first-order chi connectivity index (χ1) is 15.8. The Hall–Kier alpha value is -2.79. The third-order valence-corrected chi connectivity index (χ3v) is 8.71. The van der Waals surface area contributed by atoms with Crippen molar-refractivity contribution in [2.24, 2.45) is 0 Å². The van der Waals surface area contributed by atoms with Gasteiger partial charge in [0.25, 0.3) is 0 Å². The van der Waals surface area contributed by atoms with Crippen molar-refractivity contribution in [3.05, 3.63) is 65.8 Å². The highest BCUT2D eigenvalue weighted by molar-refractivity contribution is 8.00. The zero-order chi connectivity index (χ0) is 23.6. The van der Waals surface area contributed by atoms with Crippen LogP contribution >= 0.6 is 23.1 Å². The summed E-state index contributed by atoms with van der Waals surface area (Å²) in [7, 11) is -0.649. The van der Waals surface area contributed by atoms with Gasteiger partial charge in [-0.25, -0.2) is 22.7 Å². The number of carbonyl (C=O) groups is 1. The van der Waals surface area contributed by atoms with Crippen LogP contribution in [-0.2, 0) is 14.8 Å². The molecule has 0 aliphatic heterocycles. The lowest BCUT2D eigenvalue weighted by atomic mass is 10.1. The summed E-state index contributed by atoms with van der Waals surface area (Å²) in [5.41, 5.74) is 3.35. The standard InChI is InChI=1S/C23H22N4O3S3/c1-15-9-10-17(33(29,30)27(2)3)11-19(15)26-20(28)13-32-23-21-18(16-7-5-4-6-8-16)12-31-22(21)24-14-25-23/h4-12,14H,13H2,1-3H3,(H,26,28). The second-order valence-corrected chi connectivity index (χ2v) is 11.4. The number of nitrogens with zero attached hydrogens (tertiary/aromatic N) is 3. The molecule has 0 spiro atoms. The van der Waals surface area contributed by atoms with Gasteiger partial charge in [0.2, 0.25) is 15.9 Å². The molecule has 0 saturated carbocycles. The molecular weight excluding hydrogens is 476 g/mol. The van der Waals surface area contributed by atoms with E-state index in [1.807, 2.05) is 37.3 Å². The number of thiophene rings is 1. The molecule has 0 saturated heterocycles. The molecule has 1 N–H and O–H groups in total. The number of anilines is 1. The number of thioether (sulfide) groups is 1. The lowest BCUT2D eigenvalue weighted by Crippen LogP contribution is -2.22. The van der Waals surface area contributed by atoms with Gasteiger partial charge < -0.3 is 5.32 Å². The molecule has 170 valence electrons. The van der Waals surface area contributed by atoms with Crippen molar-refractivity contribution < 1.29 is 13.2 Å². The van der Waals surface area contributed by atoms with E-state index in [4.69, 9.17) is 0 Å². The second kappa shape index (κ2) is 9.60. The predicted molar refractivity (Wildman–Crippen MR) is 134 cm³/mol. The Morgan fingerprint density at radius 3 is 2.61 bits per heavy atom. The molecule has 0 unspecified atom stereocenters. The average molecular weight is 499 g/mol. The van der Waals surface area contributed by atoms with Crippen LogP contribution in [0.1, 0.15) is 5.56 Å². The van der Waals surface area contributed by atoms with Gasteiger partial charge >= 0.3 is 0 Å². The lowest BCUT2D eigenvalue weighted by molar-refractivity contribution is -0.113. The number of hydrogen-bond acceptors (Lipinski definition) is 7. The molecule has 10 heteroatoms. The molecule has 7 nitrogen and oxygen atoms in total. The Kier molecular flexibility index (Phi) is 6.80. The fraction of sp³-hybridized carbons (Fsp3) is 0.174. The predicted octanol–water partition coefficient (Wildman–Crippen LogP) is 4.65. The van der Waals surface area contributed by atoms with E-state index >= 15 is 0 Å². The Labute approximate surface area is 200 Å². The SMILES string of the molecule is Cc1ccc(S(=O)(=O)N(C)C)cc1NC(=O)CSc1ncnc2scc(-c3ccccc3)c12. The van der Waals surface area contributed by atoms with E-state index in [1.54, 1.807) is 17.4 Å². The molecule has 0 aliphatic rings. The molecule has 0 fully saturated rings. The highest BCUT2D eigenvalue weighted by Crippen LogP contribution is 2.37. The third-order valence-electron chi connectivity index (χ3n) is 5.02. The van der Waals surface area contributed by atoms with Gasteiger partial charge in [-0.15, -0.1) is 11.3 Å². The fourth-order valence-corrected chi connectivity index (χ4v) is 5.94. The van der Waals surface area contributed by atoms with E-state index in [9.17, 15) is 13.2 Å². The molecule has 0 atom stereocenters. The number of aryl methyl sites for hydroxylation is 1. The first-order valence-electron chi connectivity index (χ1n) is 10.0. The van der Waals surface area contributed by atoms with Crippen LogP contribution in [0.25, 0.3) is 21.3 Å². The van der Waals surface area contributed by atoms with Gasteiger partial charge in [-0.1, -0.05) is 48.2 Å². The van der Waals surface area contributed by atoms with Crippen LogP contribution in [0.5, 0.6) is 0 Å². The zero-order valence-corrected chi connectivity index (χ0v) is 20.7. The monoisotopic (exact) mass is 498 g/mol. The maximum Gasteiger partial charge on any atom is 0.242 e. The number of benzene rings is 2. The third kappa shape index (κ3) is 4.93. The zero-order valence-electron chi connectivity index (χ0n) is 18.3. The van der Waals surface area contributed by atoms with Crippen LogP contribution in [-0.4, -0.2) is 48.4 Å². The smallest absolute Gasteiger partial charge is 0.242 e. The quantitative estimate of drug-likeness (QED) is 0.295. The number of sulfonamides is 1. The summed E-state index contributed by atoms with van der Waals surface area (Å²) in [4.78, 5) is 22.5. The summed E-state index contributed by atoms with van der Waals surface area (Å²) < 4.78 is 26.0. The van der Waals surface area contributed by atoms with Gasteiger partial charge in [-0.3, -0.25) is 4.79 Å². The number of hydrogen-bond donors (Lipinski definition) is 1. The molecule has 0 radical (unpaired) electrons. The van der Waals surface area contributed by atoms with E-state index in [-0.39, 0.29) is 16.6 Å². The van der Waals surface area contributed by atoms with Crippen molar-refractivity contribution >= 4 is 54.9 Å². The normalized spacial score (nSPS) is 11.8. The van der Waals surface area contributed by atoms with Crippen molar-refractivity contribution in [2.75, 3.05) is 25.2 Å². The number of amides is 1. The van der Waals surface area contributed by atoms with E-state index in [0.717, 1.165) is 36.2 Å². The minimum absolute atomic E-state index is 0.125. The molecular formula is C23H22N4O3S3. The van der Waals surface area contributed by atoms with Gasteiger partial charge in [-0.2, -0.15) is 0 Å². The number of rotatable bonds is 7. The van der Waals surface area contributed by atoms with Gasteiger partial charge in [0, 0.05) is 30.7 Å². The molecule has 2 aromatic carbocycles. The van der Waals surface area contributed by atoms with Crippen molar-refractivity contribution in [1.29, 1.82) is 0 Å². The molecule has 0 bridgehead atoms. The topological polar surface area (TPSA) is 92.3 Å². The van der Waals surface area contributed by atoms with E-state index in [1.165, 1.54) is 44.3 Å². The summed E-state index contributed by atoms with van der Waals surface area (Å²) >= 11 is 2.87. The fourth-order valence-electron chi connectivity index (χ4n) is 3.21. The van der Waals surface area contributed by atoms with Gasteiger partial charge in [0.05, 0.1) is 16.0 Å². The number of aromatic nitrogens is 2. The van der Waals surface area contributed by atoms with Crippen LogP contribution in [0, 0.1) is 6.92 Å². The van der Waals surface area contributed by atoms with Crippen LogP contribution in [0.3, 0.4) is 0 Å². The second-order valence-electron chi connectivity index (χ2n) is 7.48. The summed E-state index contributed by atoms with van der Waals surface area (Å²) in [6, 6.07) is 14.7. The Bertz CT molecular complexity index is 1420. The number of carbonyl (C=O) groups excluding carboxylic acids is 1. The maximum absolute atomic E-state index is 12.7. The Morgan fingerprint density at radius 2 is 1.88 bits per heavy atom. The molecule has 33 heavy (non-hydrogen) atoms. The van der Waals surface area contributed by atoms with Crippen molar-refractivity contribution in [1.82, 2.24) is 14.3 Å². The molecule has 1 amide bonds. The molecule has 0 aliphatic carbocycles. The van der Waals surface area contributed by atoms with E-state index in [0.29, 0.717) is 5.69 Å². The first-order valence-corrected chi connectivity index (χ1v) is 13.3. The summed E-state index contributed by atoms with van der Waals surface area (Å²) in [6.07, 6.45) is 1.51. The Balaban J connectivity index is 1.54. The van der Waals surface area contributed by atoms with Gasteiger partial charge in [0.15, 0.2) is 0 Å². The number of nitrogens with one attached hydrogen (secondary N) is 1. The largest absolute Gasteiger partial charge is 0.325 e. The highest BCUT2D eigenvalue weighted by atomic mass is 32.2. The molecule has 4 aromatic rings. The maximum atomic E-state index is 12.7. The summed E-state index contributed by atoms with van der Waals surface area (Å²) in [5, 5.41) is 6.56. The average Bonchev–Trinajstić information content (AvgIpc) is 3.24. The van der Waals surface area contributed by atoms with Crippen LogP contribution < -0.4 is 5.32 Å². The molecule has 2 heterocycles. The van der Waals surface area contributed by atoms with Gasteiger partial charge in [-0.05, 0) is 30.2 Å². The summed E-state index contributed by atoms with van der Waals surface area (Å²) in [6.45, 7) is 1.82. The van der Waals surface area contributed by atoms with Crippen LogP contribution in [0.15, 0.2) is 70.2 Å². The lowest BCUT2D eigenvalue weighted by Gasteiger charge is -2.14. The van der Waals surface area contributed by atoms with Crippen molar-refractivity contribution in [2.45, 2.75) is 16.8 Å². The van der Waals surface area contributed by atoms with E-state index in [2.05, 4.69) is 20.7 Å². The van der Waals surface area contributed by atoms with Crippen LogP contribution in [0.2, 0.25) is 0 Å². The molecule has 2 aromatic heterocycles. The Morgan fingerprint density at radius 1 is 1.12 bits per heavy atom. The van der Waals surface area contributed by atoms with Crippen LogP contribution in [0.4, 0.5) is 5.69 Å².